The van der Waals surface area contributed by atoms with Crippen molar-refractivity contribution in [3.63, 3.8) is 0 Å². The predicted molar refractivity (Wildman–Crippen MR) is 80.8 cm³/mol. The van der Waals surface area contributed by atoms with Crippen molar-refractivity contribution in [1.29, 1.82) is 0 Å². The van der Waals surface area contributed by atoms with Crippen LogP contribution in [0.3, 0.4) is 0 Å². The fourth-order valence-corrected chi connectivity index (χ4v) is 3.98. The first kappa shape index (κ1) is 15.6. The van der Waals surface area contributed by atoms with Crippen LogP contribution in [0.5, 0.6) is 0 Å². The Kier molecular flexibility index (Phi) is 4.59. The minimum Gasteiger partial charge on any atom is -0.398 e. The largest absolute Gasteiger partial charge is 0.398 e. The normalized spacial score (nSPS) is 24.8. The van der Waals surface area contributed by atoms with Gasteiger partial charge in [0, 0.05) is 12.1 Å². The topological polar surface area (TPSA) is 75.4 Å². The molecule has 2 rings (SSSR count). The summed E-state index contributed by atoms with van der Waals surface area (Å²) in [6, 6.07) is 4.69. The number of anilines is 1. The fourth-order valence-electron chi connectivity index (χ4n) is 2.47. The summed E-state index contributed by atoms with van der Waals surface area (Å²) in [5.41, 5.74) is 5.97. The van der Waals surface area contributed by atoms with Crippen LogP contribution >= 0.6 is 11.6 Å². The number of hydrogen-bond acceptors (Lipinski definition) is 4. The zero-order chi connectivity index (χ0) is 14.9. The van der Waals surface area contributed by atoms with E-state index in [1.807, 2.05) is 18.9 Å². The zero-order valence-electron chi connectivity index (χ0n) is 11.6. The predicted octanol–water partition coefficient (Wildman–Crippen LogP) is 2.38. The second-order valence-corrected chi connectivity index (χ2v) is 7.38. The molecule has 0 aliphatic carbocycles. The molecular formula is C13H20ClN3O2S. The van der Waals surface area contributed by atoms with Gasteiger partial charge in [0.2, 0.25) is 0 Å². The van der Waals surface area contributed by atoms with Gasteiger partial charge < -0.3 is 5.73 Å². The number of hydrazine groups is 1. The van der Waals surface area contributed by atoms with Gasteiger partial charge in [-0.2, -0.15) is 0 Å². The van der Waals surface area contributed by atoms with Crippen LogP contribution in [0, 0.1) is 0 Å². The van der Waals surface area contributed by atoms with Crippen LogP contribution < -0.4 is 10.6 Å². The fraction of sp³-hybridized carbons (Fsp3) is 0.538. The maximum Gasteiger partial charge on any atom is 0.253 e. The number of rotatable bonds is 3. The Hall–Kier alpha value is -0.820. The molecule has 1 aromatic rings. The van der Waals surface area contributed by atoms with E-state index in [1.165, 1.54) is 18.2 Å². The summed E-state index contributed by atoms with van der Waals surface area (Å²) in [6.07, 6.45) is 3.08. The first-order valence-electron chi connectivity index (χ1n) is 6.67. The van der Waals surface area contributed by atoms with Gasteiger partial charge in [0.1, 0.15) is 0 Å². The lowest BCUT2D eigenvalue weighted by molar-refractivity contribution is 0.0790. The highest BCUT2D eigenvalue weighted by Gasteiger charge is 2.29. The summed E-state index contributed by atoms with van der Waals surface area (Å²) >= 11 is 5.89. The first-order valence-corrected chi connectivity index (χ1v) is 8.53. The van der Waals surface area contributed by atoms with Crippen molar-refractivity contribution in [1.82, 2.24) is 9.84 Å². The lowest BCUT2D eigenvalue weighted by Crippen LogP contribution is -2.53. The molecule has 5 nitrogen and oxygen atoms in total. The lowest BCUT2D eigenvalue weighted by atomic mass is 10.0. The van der Waals surface area contributed by atoms with Gasteiger partial charge in [-0.3, -0.25) is 0 Å². The van der Waals surface area contributed by atoms with E-state index in [4.69, 9.17) is 17.3 Å². The third-order valence-electron chi connectivity index (χ3n) is 3.70. The van der Waals surface area contributed by atoms with Crippen LogP contribution in [-0.2, 0) is 10.0 Å². The number of nitrogens with zero attached hydrogens (tertiary/aromatic N) is 1. The van der Waals surface area contributed by atoms with Crippen molar-refractivity contribution in [3.8, 4) is 0 Å². The van der Waals surface area contributed by atoms with E-state index in [0.717, 1.165) is 19.3 Å². The summed E-state index contributed by atoms with van der Waals surface area (Å²) in [6.45, 7) is 4.04. The molecule has 2 atom stereocenters. The summed E-state index contributed by atoms with van der Waals surface area (Å²) in [5.74, 6) is 0. The second kappa shape index (κ2) is 5.89. The molecule has 1 aliphatic rings. The van der Waals surface area contributed by atoms with Gasteiger partial charge in [0.05, 0.1) is 15.6 Å². The summed E-state index contributed by atoms with van der Waals surface area (Å²) in [4.78, 5) is 2.79. The van der Waals surface area contributed by atoms with Crippen molar-refractivity contribution in [2.45, 2.75) is 50.1 Å². The maximum atomic E-state index is 12.4. The quantitative estimate of drug-likeness (QED) is 0.839. The van der Waals surface area contributed by atoms with Crippen molar-refractivity contribution < 1.29 is 8.42 Å². The number of nitrogens with one attached hydrogen (secondary N) is 1. The molecule has 0 amide bonds. The van der Waals surface area contributed by atoms with Crippen molar-refractivity contribution in [3.05, 3.63) is 23.2 Å². The van der Waals surface area contributed by atoms with E-state index in [9.17, 15) is 8.42 Å². The average Bonchev–Trinajstić information content (AvgIpc) is 2.37. The average molecular weight is 318 g/mol. The Labute approximate surface area is 125 Å². The molecule has 0 saturated carbocycles. The van der Waals surface area contributed by atoms with Crippen LogP contribution in [0.2, 0.25) is 5.02 Å². The molecule has 112 valence electrons. The maximum absolute atomic E-state index is 12.4. The van der Waals surface area contributed by atoms with Crippen molar-refractivity contribution in [2.24, 2.45) is 0 Å². The molecule has 20 heavy (non-hydrogen) atoms. The van der Waals surface area contributed by atoms with E-state index >= 15 is 0 Å². The second-order valence-electron chi connectivity index (χ2n) is 5.31. The van der Waals surface area contributed by atoms with Crippen molar-refractivity contribution in [2.75, 3.05) is 5.73 Å². The van der Waals surface area contributed by atoms with Gasteiger partial charge in [-0.25, -0.2) is 13.4 Å². The van der Waals surface area contributed by atoms with E-state index in [1.54, 1.807) is 0 Å². The molecule has 1 fully saturated rings. The molecule has 1 heterocycles. The molecule has 1 aromatic carbocycles. The highest BCUT2D eigenvalue weighted by molar-refractivity contribution is 7.89. The van der Waals surface area contributed by atoms with Crippen molar-refractivity contribution >= 4 is 27.3 Å². The number of halogens is 1. The highest BCUT2D eigenvalue weighted by Crippen LogP contribution is 2.25. The van der Waals surface area contributed by atoms with Crippen LogP contribution in [0.4, 0.5) is 5.69 Å². The van der Waals surface area contributed by atoms with Gasteiger partial charge in [-0.1, -0.05) is 18.0 Å². The Morgan fingerprint density at radius 3 is 2.45 bits per heavy atom. The number of benzene rings is 1. The Balaban J connectivity index is 2.24. The number of nitrogen functional groups attached to an aromatic ring is 1. The van der Waals surface area contributed by atoms with Crippen LogP contribution in [0.15, 0.2) is 23.1 Å². The van der Waals surface area contributed by atoms with E-state index < -0.39 is 10.0 Å². The minimum atomic E-state index is -3.63. The van der Waals surface area contributed by atoms with Gasteiger partial charge in [-0.15, -0.1) is 4.83 Å². The summed E-state index contributed by atoms with van der Waals surface area (Å²) in [5, 5.41) is 2.05. The van der Waals surface area contributed by atoms with Crippen LogP contribution in [-0.4, -0.2) is 25.5 Å². The molecule has 0 spiro atoms. The molecule has 1 aliphatic heterocycles. The lowest BCUT2D eigenvalue weighted by Gasteiger charge is -2.38. The van der Waals surface area contributed by atoms with Gasteiger partial charge >= 0.3 is 0 Å². The summed E-state index contributed by atoms with van der Waals surface area (Å²) in [7, 11) is -3.63. The third kappa shape index (κ3) is 3.25. The first-order chi connectivity index (χ1) is 9.31. The molecule has 3 N–H and O–H groups in total. The molecule has 0 bridgehead atoms. The van der Waals surface area contributed by atoms with E-state index in [2.05, 4.69) is 4.83 Å². The number of sulfonamides is 1. The minimum absolute atomic E-state index is 0.127. The molecular weight excluding hydrogens is 298 g/mol. The molecule has 1 saturated heterocycles. The van der Waals surface area contributed by atoms with Crippen LogP contribution in [0.25, 0.3) is 0 Å². The summed E-state index contributed by atoms with van der Waals surface area (Å²) < 4.78 is 24.8. The smallest absolute Gasteiger partial charge is 0.253 e. The molecule has 0 radical (unpaired) electrons. The molecule has 0 aromatic heterocycles. The molecule has 2 unspecified atom stereocenters. The highest BCUT2D eigenvalue weighted by atomic mass is 35.5. The SMILES string of the molecule is CC1CCCC(C)N1NS(=O)(=O)c1ccc(N)c(Cl)c1. The Morgan fingerprint density at radius 1 is 1.30 bits per heavy atom. The van der Waals surface area contributed by atoms with E-state index in [-0.39, 0.29) is 22.0 Å². The Bertz CT molecular complexity index is 581. The van der Waals surface area contributed by atoms with Gasteiger partial charge in [0.25, 0.3) is 10.0 Å². The van der Waals surface area contributed by atoms with E-state index in [0.29, 0.717) is 5.69 Å². The number of piperidine rings is 1. The monoisotopic (exact) mass is 317 g/mol. The number of hydrogen-bond donors (Lipinski definition) is 2. The molecule has 7 heteroatoms. The van der Waals surface area contributed by atoms with Crippen LogP contribution in [0.1, 0.15) is 33.1 Å². The zero-order valence-corrected chi connectivity index (χ0v) is 13.2. The Morgan fingerprint density at radius 2 is 1.90 bits per heavy atom. The number of nitrogens with two attached hydrogens (primary N) is 1. The van der Waals surface area contributed by atoms with Gasteiger partial charge in [-0.05, 0) is 44.9 Å². The van der Waals surface area contributed by atoms with Gasteiger partial charge in [0.15, 0.2) is 0 Å². The standard InChI is InChI=1S/C13H20ClN3O2S/c1-9-4-3-5-10(2)17(9)16-20(18,19)11-6-7-13(15)12(14)8-11/h6-10,16H,3-5,15H2,1-2H3. The third-order valence-corrected chi connectivity index (χ3v) is 5.35.